The highest BCUT2D eigenvalue weighted by atomic mass is 16.6. The molecule has 3 N–H and O–H groups in total. The maximum atomic E-state index is 12.3. The van der Waals surface area contributed by atoms with Crippen LogP contribution in [0.5, 0.6) is 0 Å². The molecule has 0 saturated carbocycles. The quantitative estimate of drug-likeness (QED) is 0.373. The van der Waals surface area contributed by atoms with Crippen LogP contribution in [0.4, 0.5) is 11.5 Å². The van der Waals surface area contributed by atoms with E-state index in [1.807, 2.05) is 0 Å². The number of hydrogen-bond donors (Lipinski definition) is 2. The van der Waals surface area contributed by atoms with Gasteiger partial charge in [-0.25, -0.2) is 4.79 Å². The molecule has 0 aliphatic carbocycles. The molecule has 0 aliphatic heterocycles. The fraction of sp³-hybridized carbons (Fsp3) is 0. The van der Waals surface area contributed by atoms with Crippen LogP contribution in [0.15, 0.2) is 32.2 Å². The van der Waals surface area contributed by atoms with E-state index < -0.39 is 16.0 Å². The molecule has 0 fully saturated rings. The monoisotopic (exact) mass is 274 g/mol. The zero-order valence-electron chi connectivity index (χ0n) is 9.75. The van der Waals surface area contributed by atoms with Crippen molar-refractivity contribution in [2.45, 2.75) is 0 Å². The number of nitrogens with one attached hydrogen (secondary N) is 1. The number of aromatic nitrogens is 2. The van der Waals surface area contributed by atoms with Crippen LogP contribution in [0.25, 0.3) is 22.1 Å². The number of nitrogens with zero attached hydrogens (tertiary/aromatic N) is 2. The van der Waals surface area contributed by atoms with Gasteiger partial charge in [-0.15, -0.1) is 0 Å². The molecule has 0 spiro atoms. The van der Waals surface area contributed by atoms with E-state index in [0.717, 1.165) is 6.07 Å². The molecule has 3 rings (SSSR count). The van der Waals surface area contributed by atoms with Crippen molar-refractivity contribution in [2.24, 2.45) is 0 Å². The van der Waals surface area contributed by atoms with Gasteiger partial charge in [0.25, 0.3) is 5.69 Å². The fourth-order valence-electron chi connectivity index (χ4n) is 1.90. The summed E-state index contributed by atoms with van der Waals surface area (Å²) >= 11 is 0. The van der Waals surface area contributed by atoms with Crippen molar-refractivity contribution in [1.82, 2.24) is 9.97 Å². The zero-order chi connectivity index (χ0) is 14.4. The highest BCUT2D eigenvalue weighted by Gasteiger charge is 2.15. The van der Waals surface area contributed by atoms with Crippen LogP contribution >= 0.6 is 0 Å². The Balaban J connectivity index is 2.55. The third-order valence-electron chi connectivity index (χ3n) is 2.78. The second kappa shape index (κ2) is 3.88. The standard InChI is InChI=1S/C11H6N4O5/c12-9-7-8(16)5-3-4(15(18)19)1-2-6(5)20-10(7)14-11(17)13-9/h1-3H,(H3,12,13,14,17). The smallest absolute Gasteiger partial charge is 0.349 e. The molecule has 0 aliphatic rings. The van der Waals surface area contributed by atoms with E-state index >= 15 is 0 Å². The number of nitro benzene ring substituents is 1. The van der Waals surface area contributed by atoms with E-state index in [9.17, 15) is 19.7 Å². The van der Waals surface area contributed by atoms with Crippen molar-refractivity contribution < 1.29 is 9.34 Å². The first-order chi connectivity index (χ1) is 9.47. The van der Waals surface area contributed by atoms with Crippen LogP contribution in [0.2, 0.25) is 0 Å². The van der Waals surface area contributed by atoms with Gasteiger partial charge in [0.05, 0.1) is 10.3 Å². The molecule has 20 heavy (non-hydrogen) atoms. The van der Waals surface area contributed by atoms with Gasteiger partial charge in [0, 0.05) is 12.1 Å². The molecule has 2 heterocycles. The predicted octanol–water partition coefficient (Wildman–Crippen LogP) is 0.520. The first-order valence-corrected chi connectivity index (χ1v) is 5.38. The lowest BCUT2D eigenvalue weighted by atomic mass is 10.2. The molecule has 9 nitrogen and oxygen atoms in total. The van der Waals surface area contributed by atoms with E-state index in [4.69, 9.17) is 10.2 Å². The first kappa shape index (κ1) is 11.8. The number of fused-ring (bicyclic) bond motifs is 2. The molecular weight excluding hydrogens is 268 g/mol. The molecule has 1 aromatic carbocycles. The normalized spacial score (nSPS) is 11.0. The fourth-order valence-corrected chi connectivity index (χ4v) is 1.90. The van der Waals surface area contributed by atoms with Crippen LogP contribution in [0.3, 0.4) is 0 Å². The van der Waals surface area contributed by atoms with Gasteiger partial charge < -0.3 is 10.2 Å². The van der Waals surface area contributed by atoms with Crippen molar-refractivity contribution in [3.63, 3.8) is 0 Å². The van der Waals surface area contributed by atoms with E-state index in [-0.39, 0.29) is 33.6 Å². The topological polar surface area (TPSA) is 145 Å². The van der Waals surface area contributed by atoms with Crippen molar-refractivity contribution in [2.75, 3.05) is 5.73 Å². The summed E-state index contributed by atoms with van der Waals surface area (Å²) in [6.07, 6.45) is 0. The van der Waals surface area contributed by atoms with Gasteiger partial charge in [0.1, 0.15) is 16.8 Å². The summed E-state index contributed by atoms with van der Waals surface area (Å²) < 4.78 is 5.29. The van der Waals surface area contributed by atoms with Crippen molar-refractivity contribution >= 4 is 33.6 Å². The molecule has 0 bridgehead atoms. The first-order valence-electron chi connectivity index (χ1n) is 5.38. The van der Waals surface area contributed by atoms with Gasteiger partial charge >= 0.3 is 5.69 Å². The summed E-state index contributed by atoms with van der Waals surface area (Å²) in [5.74, 6) is -0.192. The Morgan fingerprint density at radius 2 is 2.10 bits per heavy atom. The average molecular weight is 274 g/mol. The second-order valence-corrected chi connectivity index (χ2v) is 4.00. The van der Waals surface area contributed by atoms with Crippen molar-refractivity contribution in [3.8, 4) is 0 Å². The molecule has 100 valence electrons. The molecule has 0 amide bonds. The summed E-state index contributed by atoms with van der Waals surface area (Å²) in [5.41, 5.74) is 3.84. The van der Waals surface area contributed by atoms with E-state index in [0.29, 0.717) is 0 Å². The Labute approximate surface area is 108 Å². The number of aromatic amines is 1. The molecular formula is C11H6N4O5. The van der Waals surface area contributed by atoms with Gasteiger partial charge in [0.15, 0.2) is 0 Å². The number of non-ortho nitro benzene ring substituents is 1. The molecule has 0 radical (unpaired) electrons. The lowest BCUT2D eigenvalue weighted by Gasteiger charge is -2.02. The molecule has 0 unspecified atom stereocenters. The third-order valence-corrected chi connectivity index (χ3v) is 2.78. The Morgan fingerprint density at radius 3 is 2.80 bits per heavy atom. The molecule has 2 aromatic heterocycles. The molecule has 0 saturated heterocycles. The number of hydrogen-bond acceptors (Lipinski definition) is 7. The number of nitrogens with two attached hydrogens (primary N) is 1. The Hall–Kier alpha value is -3.23. The summed E-state index contributed by atoms with van der Waals surface area (Å²) in [6.45, 7) is 0. The number of H-pyrrole nitrogens is 1. The maximum absolute atomic E-state index is 12.3. The third kappa shape index (κ3) is 1.61. The van der Waals surface area contributed by atoms with Crippen LogP contribution in [-0.4, -0.2) is 14.9 Å². The zero-order valence-corrected chi connectivity index (χ0v) is 9.75. The Kier molecular flexibility index (Phi) is 2.30. The maximum Gasteiger partial charge on any atom is 0.349 e. The minimum atomic E-state index is -0.751. The number of anilines is 1. The average Bonchev–Trinajstić information content (AvgIpc) is 2.37. The molecule has 0 atom stereocenters. The molecule has 9 heteroatoms. The van der Waals surface area contributed by atoms with Gasteiger partial charge in [-0.05, 0) is 6.07 Å². The second-order valence-electron chi connectivity index (χ2n) is 4.00. The van der Waals surface area contributed by atoms with Crippen LogP contribution < -0.4 is 16.9 Å². The number of nitro groups is 1. The minimum Gasteiger partial charge on any atom is -0.437 e. The highest BCUT2D eigenvalue weighted by Crippen LogP contribution is 2.22. The summed E-state index contributed by atoms with van der Waals surface area (Å²) in [4.78, 5) is 39.2. The highest BCUT2D eigenvalue weighted by molar-refractivity contribution is 5.93. The number of nitrogen functional groups attached to an aromatic ring is 1. The minimum absolute atomic E-state index is 0.00718. The lowest BCUT2D eigenvalue weighted by Crippen LogP contribution is -2.17. The van der Waals surface area contributed by atoms with E-state index in [2.05, 4.69) is 9.97 Å². The summed E-state index contributed by atoms with van der Waals surface area (Å²) in [5, 5.41) is 10.6. The number of benzene rings is 1. The van der Waals surface area contributed by atoms with E-state index in [1.54, 1.807) is 0 Å². The lowest BCUT2D eigenvalue weighted by molar-refractivity contribution is -0.384. The van der Waals surface area contributed by atoms with Crippen LogP contribution in [0.1, 0.15) is 0 Å². The predicted molar refractivity (Wildman–Crippen MR) is 69.5 cm³/mol. The SMILES string of the molecule is Nc1[nH]c(=O)nc2oc3ccc([N+](=O)[O-])cc3c(=O)c12. The van der Waals surface area contributed by atoms with Crippen molar-refractivity contribution in [1.29, 1.82) is 0 Å². The Bertz CT molecular complexity index is 988. The van der Waals surface area contributed by atoms with Gasteiger partial charge in [-0.2, -0.15) is 4.98 Å². The van der Waals surface area contributed by atoms with Gasteiger partial charge in [-0.3, -0.25) is 19.9 Å². The van der Waals surface area contributed by atoms with Gasteiger partial charge in [0.2, 0.25) is 11.1 Å². The van der Waals surface area contributed by atoms with Crippen LogP contribution in [-0.2, 0) is 0 Å². The van der Waals surface area contributed by atoms with Gasteiger partial charge in [-0.1, -0.05) is 0 Å². The Morgan fingerprint density at radius 1 is 1.35 bits per heavy atom. The number of rotatable bonds is 1. The summed E-state index contributed by atoms with van der Waals surface area (Å²) in [7, 11) is 0. The largest absolute Gasteiger partial charge is 0.437 e. The molecule has 3 aromatic rings. The van der Waals surface area contributed by atoms with Crippen molar-refractivity contribution in [3.05, 3.63) is 49.0 Å². The summed E-state index contributed by atoms with van der Waals surface area (Å²) in [6, 6.07) is 3.55. The van der Waals surface area contributed by atoms with E-state index in [1.165, 1.54) is 12.1 Å². The van der Waals surface area contributed by atoms with Crippen LogP contribution in [0, 0.1) is 10.1 Å².